The molecule has 8 heteroatoms. The van der Waals surface area contributed by atoms with Crippen LogP contribution in [0.2, 0.25) is 0 Å². The maximum absolute atomic E-state index is 12.7. The predicted octanol–water partition coefficient (Wildman–Crippen LogP) is 3.47. The first-order valence-electron chi connectivity index (χ1n) is 8.52. The van der Waals surface area contributed by atoms with E-state index < -0.39 is 0 Å². The molecule has 2 aromatic heterocycles. The van der Waals surface area contributed by atoms with E-state index in [0.29, 0.717) is 29.4 Å². The van der Waals surface area contributed by atoms with Crippen molar-refractivity contribution in [3.63, 3.8) is 0 Å². The normalized spacial score (nSPS) is 10.4. The van der Waals surface area contributed by atoms with E-state index in [0.717, 1.165) is 21.1 Å². The van der Waals surface area contributed by atoms with Gasteiger partial charge in [0.2, 0.25) is 5.75 Å². The Morgan fingerprint density at radius 3 is 2.43 bits per heavy atom. The van der Waals surface area contributed by atoms with Gasteiger partial charge in [-0.2, -0.15) is 0 Å². The molecule has 3 rings (SSSR count). The summed E-state index contributed by atoms with van der Waals surface area (Å²) in [6.07, 6.45) is 3.50. The number of aromatic nitrogens is 2. The Hall–Kier alpha value is -3.13. The van der Waals surface area contributed by atoms with Gasteiger partial charge in [0.1, 0.15) is 5.01 Å². The molecular formula is C20H21N3O4S. The third-order valence-electron chi connectivity index (χ3n) is 4.14. The summed E-state index contributed by atoms with van der Waals surface area (Å²) in [6, 6.07) is 7.08. The van der Waals surface area contributed by atoms with Gasteiger partial charge in [-0.25, -0.2) is 4.98 Å². The molecule has 0 unspecified atom stereocenters. The van der Waals surface area contributed by atoms with Crippen LogP contribution in [0, 0.1) is 6.92 Å². The van der Waals surface area contributed by atoms with E-state index in [1.165, 1.54) is 32.7 Å². The van der Waals surface area contributed by atoms with Crippen molar-refractivity contribution in [2.24, 2.45) is 0 Å². The number of hydrogen-bond donors (Lipinski definition) is 1. The molecule has 0 aliphatic rings. The summed E-state index contributed by atoms with van der Waals surface area (Å²) in [6.45, 7) is 2.30. The SMILES string of the molecule is COc1cc(C(=O)NCc2sc(-c3cccnc3)nc2C)cc(OC)c1OC. The summed E-state index contributed by atoms with van der Waals surface area (Å²) in [5.41, 5.74) is 2.26. The van der Waals surface area contributed by atoms with E-state index in [1.54, 1.807) is 24.5 Å². The summed E-state index contributed by atoms with van der Waals surface area (Å²) in [5, 5.41) is 3.80. The lowest BCUT2D eigenvalue weighted by Gasteiger charge is -2.14. The number of amides is 1. The number of hydrogen-bond acceptors (Lipinski definition) is 7. The van der Waals surface area contributed by atoms with Crippen molar-refractivity contribution in [1.82, 2.24) is 15.3 Å². The lowest BCUT2D eigenvalue weighted by Crippen LogP contribution is -2.22. The van der Waals surface area contributed by atoms with Gasteiger partial charge in [0, 0.05) is 28.4 Å². The number of aryl methyl sites for hydroxylation is 1. The third kappa shape index (κ3) is 4.07. The zero-order chi connectivity index (χ0) is 20.1. The van der Waals surface area contributed by atoms with E-state index >= 15 is 0 Å². The number of nitrogens with zero attached hydrogens (tertiary/aromatic N) is 2. The summed E-state index contributed by atoms with van der Waals surface area (Å²) >= 11 is 1.54. The molecule has 1 N–H and O–H groups in total. The molecule has 0 bridgehead atoms. The number of nitrogens with one attached hydrogen (secondary N) is 1. The molecular weight excluding hydrogens is 378 g/mol. The first-order chi connectivity index (χ1) is 13.6. The van der Waals surface area contributed by atoms with Crippen LogP contribution in [-0.2, 0) is 6.54 Å². The second-order valence-corrected chi connectivity index (χ2v) is 6.95. The van der Waals surface area contributed by atoms with E-state index in [4.69, 9.17) is 14.2 Å². The lowest BCUT2D eigenvalue weighted by atomic mass is 10.1. The fourth-order valence-electron chi connectivity index (χ4n) is 2.68. The second-order valence-electron chi connectivity index (χ2n) is 5.87. The Morgan fingerprint density at radius 2 is 1.86 bits per heavy atom. The first kappa shape index (κ1) is 19.6. The fraction of sp³-hybridized carbons (Fsp3) is 0.250. The van der Waals surface area contributed by atoms with Crippen LogP contribution in [0.1, 0.15) is 20.9 Å². The molecule has 0 saturated heterocycles. The van der Waals surface area contributed by atoms with Gasteiger partial charge in [-0.05, 0) is 31.2 Å². The Kier molecular flexibility index (Phi) is 6.10. The van der Waals surface area contributed by atoms with Crippen molar-refractivity contribution < 1.29 is 19.0 Å². The standard InChI is InChI=1S/C20H21N3O4S/c1-12-17(28-20(23-12)13-6-5-7-21-10-13)11-22-19(24)14-8-15(25-2)18(27-4)16(9-14)26-3/h5-10H,11H2,1-4H3,(H,22,24). The molecule has 0 atom stereocenters. The molecule has 0 aliphatic heterocycles. The number of benzene rings is 1. The molecule has 1 amide bonds. The van der Waals surface area contributed by atoms with Crippen LogP contribution in [-0.4, -0.2) is 37.2 Å². The minimum absolute atomic E-state index is 0.241. The van der Waals surface area contributed by atoms with E-state index in [1.807, 2.05) is 19.1 Å². The predicted molar refractivity (Wildman–Crippen MR) is 107 cm³/mol. The Labute approximate surface area is 167 Å². The van der Waals surface area contributed by atoms with Crippen LogP contribution < -0.4 is 19.5 Å². The van der Waals surface area contributed by atoms with Crippen LogP contribution in [0.5, 0.6) is 17.2 Å². The van der Waals surface area contributed by atoms with Gasteiger partial charge in [0.25, 0.3) is 5.91 Å². The summed E-state index contributed by atoms with van der Waals surface area (Å²) in [7, 11) is 4.55. The number of carbonyl (C=O) groups excluding carboxylic acids is 1. The van der Waals surface area contributed by atoms with Crippen molar-refractivity contribution in [2.75, 3.05) is 21.3 Å². The molecule has 0 saturated carbocycles. The quantitative estimate of drug-likeness (QED) is 0.655. The van der Waals surface area contributed by atoms with Crippen molar-refractivity contribution >= 4 is 17.2 Å². The van der Waals surface area contributed by atoms with Gasteiger partial charge in [-0.3, -0.25) is 9.78 Å². The van der Waals surface area contributed by atoms with Gasteiger partial charge in [-0.1, -0.05) is 0 Å². The van der Waals surface area contributed by atoms with Gasteiger partial charge >= 0.3 is 0 Å². The van der Waals surface area contributed by atoms with Crippen LogP contribution in [0.25, 0.3) is 10.6 Å². The van der Waals surface area contributed by atoms with Crippen LogP contribution in [0.4, 0.5) is 0 Å². The number of methoxy groups -OCH3 is 3. The Morgan fingerprint density at radius 1 is 1.14 bits per heavy atom. The molecule has 0 spiro atoms. The van der Waals surface area contributed by atoms with Crippen LogP contribution >= 0.6 is 11.3 Å². The van der Waals surface area contributed by atoms with Crippen molar-refractivity contribution in [1.29, 1.82) is 0 Å². The molecule has 0 aliphatic carbocycles. The molecule has 2 heterocycles. The van der Waals surface area contributed by atoms with Crippen molar-refractivity contribution in [2.45, 2.75) is 13.5 Å². The maximum atomic E-state index is 12.7. The first-order valence-corrected chi connectivity index (χ1v) is 9.34. The van der Waals surface area contributed by atoms with Gasteiger partial charge in [0.05, 0.1) is 33.6 Å². The van der Waals surface area contributed by atoms with Crippen molar-refractivity contribution in [3.05, 3.63) is 52.8 Å². The average molecular weight is 399 g/mol. The highest BCUT2D eigenvalue weighted by molar-refractivity contribution is 7.15. The van der Waals surface area contributed by atoms with E-state index in [2.05, 4.69) is 15.3 Å². The van der Waals surface area contributed by atoms with Gasteiger partial charge in [0.15, 0.2) is 11.5 Å². The molecule has 0 fully saturated rings. The highest BCUT2D eigenvalue weighted by Gasteiger charge is 2.17. The van der Waals surface area contributed by atoms with Gasteiger partial charge < -0.3 is 19.5 Å². The van der Waals surface area contributed by atoms with Crippen LogP contribution in [0.3, 0.4) is 0 Å². The Balaban J connectivity index is 1.77. The maximum Gasteiger partial charge on any atom is 0.251 e. The number of thiazole rings is 1. The molecule has 0 radical (unpaired) electrons. The highest BCUT2D eigenvalue weighted by Crippen LogP contribution is 2.38. The fourth-order valence-corrected chi connectivity index (χ4v) is 3.67. The van der Waals surface area contributed by atoms with E-state index in [-0.39, 0.29) is 5.91 Å². The Bertz CT molecular complexity index is 948. The third-order valence-corrected chi connectivity index (χ3v) is 5.34. The zero-order valence-electron chi connectivity index (χ0n) is 16.1. The number of carbonyl (C=O) groups is 1. The van der Waals surface area contributed by atoms with E-state index in [9.17, 15) is 4.79 Å². The second kappa shape index (κ2) is 8.71. The largest absolute Gasteiger partial charge is 0.493 e. The van der Waals surface area contributed by atoms with Crippen molar-refractivity contribution in [3.8, 4) is 27.8 Å². The smallest absolute Gasteiger partial charge is 0.251 e. The number of rotatable bonds is 7. The summed E-state index contributed by atoms with van der Waals surface area (Å²) in [4.78, 5) is 22.3. The molecule has 146 valence electrons. The average Bonchev–Trinajstić information content (AvgIpc) is 3.11. The minimum Gasteiger partial charge on any atom is -0.493 e. The van der Waals surface area contributed by atoms with Gasteiger partial charge in [-0.15, -0.1) is 11.3 Å². The minimum atomic E-state index is -0.241. The zero-order valence-corrected chi connectivity index (χ0v) is 16.9. The topological polar surface area (TPSA) is 82.6 Å². The monoisotopic (exact) mass is 399 g/mol. The highest BCUT2D eigenvalue weighted by atomic mass is 32.1. The molecule has 7 nitrogen and oxygen atoms in total. The molecule has 28 heavy (non-hydrogen) atoms. The van der Waals surface area contributed by atoms with Crippen LogP contribution in [0.15, 0.2) is 36.7 Å². The number of pyridine rings is 1. The molecule has 1 aromatic carbocycles. The summed E-state index contributed by atoms with van der Waals surface area (Å²) in [5.74, 6) is 1.07. The number of ether oxygens (including phenoxy) is 3. The molecule has 3 aromatic rings. The summed E-state index contributed by atoms with van der Waals surface area (Å²) < 4.78 is 15.9. The lowest BCUT2D eigenvalue weighted by molar-refractivity contribution is 0.0950.